The van der Waals surface area contributed by atoms with Gasteiger partial charge in [0.1, 0.15) is 0 Å². The number of carbonyl (C=O) groups excluding carboxylic acids is 1. The summed E-state index contributed by atoms with van der Waals surface area (Å²) in [6.07, 6.45) is 5.06. The molecule has 0 radical (unpaired) electrons. The molecule has 1 saturated heterocycles. The molecule has 0 atom stereocenters. The molecule has 1 N–H and O–H groups in total. The molecule has 0 saturated carbocycles. The number of anilines is 2. The number of aromatic nitrogens is 3. The maximum absolute atomic E-state index is 12.9. The fourth-order valence-electron chi connectivity index (χ4n) is 3.92. The van der Waals surface area contributed by atoms with Gasteiger partial charge in [0.2, 0.25) is 0 Å². The number of rotatable bonds is 6. The van der Waals surface area contributed by atoms with Crippen LogP contribution in [0, 0.1) is 12.8 Å². The van der Waals surface area contributed by atoms with Gasteiger partial charge >= 0.3 is 0 Å². The van der Waals surface area contributed by atoms with Crippen molar-refractivity contribution in [2.24, 2.45) is 5.92 Å². The van der Waals surface area contributed by atoms with Crippen LogP contribution in [0.2, 0.25) is 5.02 Å². The summed E-state index contributed by atoms with van der Waals surface area (Å²) >= 11 is 6.16. The van der Waals surface area contributed by atoms with Crippen LogP contribution in [-0.2, 0) is 4.79 Å². The summed E-state index contributed by atoms with van der Waals surface area (Å²) in [7, 11) is 2.08. The zero-order valence-electron chi connectivity index (χ0n) is 18.3. The second kappa shape index (κ2) is 9.59. The monoisotopic (exact) mass is 447 g/mol. The molecule has 2 aromatic heterocycles. The molecule has 164 valence electrons. The first-order valence-electron chi connectivity index (χ1n) is 10.6. The number of Topliss-reactive ketones (excluding diaryl/α,β-unsaturated/α-hetero) is 1. The molecule has 0 spiro atoms. The van der Waals surface area contributed by atoms with Crippen molar-refractivity contribution in [2.75, 3.05) is 25.5 Å². The van der Waals surface area contributed by atoms with Gasteiger partial charge in [-0.25, -0.2) is 0 Å². The third-order valence-electron chi connectivity index (χ3n) is 5.87. The average molecular weight is 448 g/mol. The predicted molar refractivity (Wildman–Crippen MR) is 129 cm³/mol. The number of aryl methyl sites for hydroxylation is 1. The van der Waals surface area contributed by atoms with Crippen molar-refractivity contribution in [2.45, 2.75) is 19.8 Å². The Hall–Kier alpha value is -3.09. The fraction of sp³-hybridized carbons (Fsp3) is 0.280. The van der Waals surface area contributed by atoms with Gasteiger partial charge in [0.05, 0.1) is 23.3 Å². The highest BCUT2D eigenvalue weighted by Gasteiger charge is 2.26. The Morgan fingerprint density at radius 1 is 1.16 bits per heavy atom. The first kappa shape index (κ1) is 22.1. The summed E-state index contributed by atoms with van der Waals surface area (Å²) < 4.78 is 0. The molecule has 4 rings (SSSR count). The number of piperidine rings is 1. The van der Waals surface area contributed by atoms with Gasteiger partial charge in [0.25, 0.3) is 0 Å². The Kier molecular flexibility index (Phi) is 6.63. The number of nitrogens with one attached hydrogen (secondary N) is 1. The lowest BCUT2D eigenvalue weighted by molar-refractivity contribution is -0.118. The number of pyridine rings is 1. The molecule has 0 amide bonds. The van der Waals surface area contributed by atoms with Crippen molar-refractivity contribution < 1.29 is 4.79 Å². The number of halogens is 1. The topological polar surface area (TPSA) is 71.0 Å². The number of allylic oxidation sites excluding steroid dienone is 1. The number of hydrogen-bond donors (Lipinski definition) is 1. The van der Waals surface area contributed by atoms with E-state index < -0.39 is 0 Å². The normalized spacial score (nSPS) is 14.8. The predicted octanol–water partition coefficient (Wildman–Crippen LogP) is 5.17. The van der Waals surface area contributed by atoms with Crippen molar-refractivity contribution in [3.05, 3.63) is 71.7 Å². The highest BCUT2D eigenvalue weighted by Crippen LogP contribution is 2.28. The molecule has 7 heteroatoms. The van der Waals surface area contributed by atoms with E-state index in [1.165, 1.54) is 0 Å². The maximum atomic E-state index is 12.9. The smallest absolute Gasteiger partial charge is 0.167 e. The van der Waals surface area contributed by atoms with Gasteiger partial charge < -0.3 is 10.2 Å². The number of likely N-dealkylation sites (tertiary alicyclic amines) is 1. The van der Waals surface area contributed by atoms with E-state index >= 15 is 0 Å². The number of nitrogens with zero attached hydrogens (tertiary/aromatic N) is 4. The lowest BCUT2D eigenvalue weighted by Gasteiger charge is -2.28. The van der Waals surface area contributed by atoms with Crippen molar-refractivity contribution in [1.29, 1.82) is 0 Å². The van der Waals surface area contributed by atoms with Crippen LogP contribution in [0.3, 0.4) is 0 Å². The van der Waals surface area contributed by atoms with Gasteiger partial charge in [-0.1, -0.05) is 24.2 Å². The van der Waals surface area contributed by atoms with Gasteiger partial charge in [0.15, 0.2) is 5.78 Å². The van der Waals surface area contributed by atoms with Crippen LogP contribution >= 0.6 is 11.6 Å². The molecule has 1 fully saturated rings. The summed E-state index contributed by atoms with van der Waals surface area (Å²) in [5.41, 5.74) is 5.36. The van der Waals surface area contributed by atoms with E-state index in [-0.39, 0.29) is 11.7 Å². The third-order valence-corrected chi connectivity index (χ3v) is 6.11. The second-order valence-electron chi connectivity index (χ2n) is 8.26. The zero-order chi connectivity index (χ0) is 22.7. The second-order valence-corrected chi connectivity index (χ2v) is 8.70. The van der Waals surface area contributed by atoms with Crippen LogP contribution in [-0.4, -0.2) is 46.0 Å². The molecule has 1 aliphatic heterocycles. The Labute approximate surface area is 193 Å². The summed E-state index contributed by atoms with van der Waals surface area (Å²) in [6.45, 7) is 7.93. The average Bonchev–Trinajstić information content (AvgIpc) is 2.80. The van der Waals surface area contributed by atoms with Crippen molar-refractivity contribution in [1.82, 2.24) is 20.1 Å². The molecular weight excluding hydrogens is 422 g/mol. The molecule has 0 unspecified atom stereocenters. The van der Waals surface area contributed by atoms with Crippen LogP contribution in [0.1, 0.15) is 24.1 Å². The maximum Gasteiger partial charge on any atom is 0.167 e. The Morgan fingerprint density at radius 2 is 1.94 bits per heavy atom. The Bertz CT molecular complexity index is 1150. The lowest BCUT2D eigenvalue weighted by Crippen LogP contribution is -2.33. The van der Waals surface area contributed by atoms with E-state index in [0.717, 1.165) is 54.1 Å². The Morgan fingerprint density at radius 3 is 2.72 bits per heavy atom. The van der Waals surface area contributed by atoms with E-state index in [1.807, 2.05) is 43.3 Å². The zero-order valence-corrected chi connectivity index (χ0v) is 19.1. The largest absolute Gasteiger partial charge is 0.354 e. The molecule has 0 aliphatic carbocycles. The van der Waals surface area contributed by atoms with Crippen molar-refractivity contribution in [3.63, 3.8) is 0 Å². The van der Waals surface area contributed by atoms with E-state index in [1.54, 1.807) is 12.4 Å². The third kappa shape index (κ3) is 5.03. The van der Waals surface area contributed by atoms with Gasteiger partial charge in [0, 0.05) is 34.0 Å². The minimum absolute atomic E-state index is 0.0185. The molecular formula is C25H26ClN5O. The molecule has 3 aromatic rings. The number of carbonyl (C=O) groups is 1. The Balaban J connectivity index is 1.51. The number of benzene rings is 1. The van der Waals surface area contributed by atoms with E-state index in [2.05, 4.69) is 39.0 Å². The van der Waals surface area contributed by atoms with Gasteiger partial charge in [-0.3, -0.25) is 9.78 Å². The number of hydrogen-bond acceptors (Lipinski definition) is 6. The summed E-state index contributed by atoms with van der Waals surface area (Å²) in [5, 5.41) is 12.4. The fourth-order valence-corrected chi connectivity index (χ4v) is 4.09. The molecule has 6 nitrogen and oxygen atoms in total. The summed E-state index contributed by atoms with van der Waals surface area (Å²) in [5.74, 6) is 0.108. The van der Waals surface area contributed by atoms with Crippen LogP contribution < -0.4 is 5.32 Å². The SMILES string of the molecule is C=C(C(=O)C1CCN(C)CC1)c1cc(Nc2cnnc(-c3cc(Cl)ccc3C)c2)ccn1. The van der Waals surface area contributed by atoms with Crippen LogP contribution in [0.25, 0.3) is 16.8 Å². The van der Waals surface area contributed by atoms with Crippen molar-refractivity contribution >= 4 is 34.3 Å². The highest BCUT2D eigenvalue weighted by atomic mass is 35.5. The van der Waals surface area contributed by atoms with Crippen LogP contribution in [0.15, 0.2) is 55.4 Å². The lowest BCUT2D eigenvalue weighted by atomic mass is 9.88. The highest BCUT2D eigenvalue weighted by molar-refractivity contribution is 6.30. The number of ketones is 1. The van der Waals surface area contributed by atoms with Gasteiger partial charge in [-0.2, -0.15) is 10.2 Å². The van der Waals surface area contributed by atoms with E-state index in [0.29, 0.717) is 16.3 Å². The molecule has 32 heavy (non-hydrogen) atoms. The molecule has 0 bridgehead atoms. The quantitative estimate of drug-likeness (QED) is 0.526. The minimum atomic E-state index is 0.0185. The molecule has 1 aliphatic rings. The minimum Gasteiger partial charge on any atom is -0.354 e. The summed E-state index contributed by atoms with van der Waals surface area (Å²) in [6, 6.07) is 11.3. The first-order chi connectivity index (χ1) is 15.4. The van der Waals surface area contributed by atoms with Gasteiger partial charge in [-0.15, -0.1) is 0 Å². The summed E-state index contributed by atoms with van der Waals surface area (Å²) in [4.78, 5) is 19.6. The van der Waals surface area contributed by atoms with Crippen LogP contribution in [0.4, 0.5) is 11.4 Å². The van der Waals surface area contributed by atoms with E-state index in [9.17, 15) is 4.79 Å². The van der Waals surface area contributed by atoms with Crippen molar-refractivity contribution in [3.8, 4) is 11.3 Å². The molecule has 3 heterocycles. The first-order valence-corrected chi connectivity index (χ1v) is 11.0. The standard InChI is InChI=1S/C25H26ClN5O/c1-16-4-5-19(26)12-22(16)24-14-21(15-28-30-24)29-20-6-9-27-23(13-20)17(2)25(32)18-7-10-31(3)11-8-18/h4-6,9,12-15,18H,2,7-8,10-11H2,1,3H3,(H,27,29,30). The molecule has 1 aromatic carbocycles. The van der Waals surface area contributed by atoms with Crippen LogP contribution in [0.5, 0.6) is 0 Å². The van der Waals surface area contributed by atoms with E-state index in [4.69, 9.17) is 11.6 Å². The van der Waals surface area contributed by atoms with Gasteiger partial charge in [-0.05, 0) is 75.8 Å².